The molecule has 6 nitrogen and oxygen atoms in total. The fourth-order valence-electron chi connectivity index (χ4n) is 2.64. The van der Waals surface area contributed by atoms with Gasteiger partial charge in [-0.25, -0.2) is 4.79 Å². The number of nitrogens with one attached hydrogen (secondary N) is 1. The lowest BCUT2D eigenvalue weighted by Crippen LogP contribution is -2.36. The third-order valence-electron chi connectivity index (χ3n) is 4.11. The molecular weight excluding hydrogens is 352 g/mol. The molecule has 7 heteroatoms. The van der Waals surface area contributed by atoms with Crippen LogP contribution < -0.4 is 10.2 Å². The van der Waals surface area contributed by atoms with E-state index >= 15 is 0 Å². The molecule has 1 amide bonds. The molecule has 1 aromatic heterocycles. The van der Waals surface area contributed by atoms with Crippen LogP contribution in [0.15, 0.2) is 36.4 Å². The Morgan fingerprint density at radius 1 is 1.15 bits per heavy atom. The molecule has 138 valence electrons. The predicted octanol–water partition coefficient (Wildman–Crippen LogP) is 3.08. The summed E-state index contributed by atoms with van der Waals surface area (Å²) in [7, 11) is 0. The van der Waals surface area contributed by atoms with Crippen LogP contribution in [-0.2, 0) is 14.3 Å². The normalized spacial score (nSPS) is 15.4. The standard InChI is InChI=1S/C19H22N2O4S/c1-13-3-8-17(26-13)19(23)25-14(2)18(22)20-15-4-6-16(7-5-15)21-9-11-24-12-10-21/h3-8,14H,9-12H2,1-2H3,(H,20,22)/t14-/m1/s1. The van der Waals surface area contributed by atoms with Crippen LogP contribution in [0.1, 0.15) is 21.5 Å². The van der Waals surface area contributed by atoms with E-state index in [0.29, 0.717) is 10.6 Å². The zero-order valence-electron chi connectivity index (χ0n) is 14.9. The zero-order valence-corrected chi connectivity index (χ0v) is 15.7. The minimum Gasteiger partial charge on any atom is -0.448 e. The van der Waals surface area contributed by atoms with Crippen molar-refractivity contribution in [2.24, 2.45) is 0 Å². The summed E-state index contributed by atoms with van der Waals surface area (Å²) in [4.78, 5) is 28.1. The number of anilines is 2. The summed E-state index contributed by atoms with van der Waals surface area (Å²) >= 11 is 1.35. The van der Waals surface area contributed by atoms with E-state index in [4.69, 9.17) is 9.47 Å². The molecule has 0 unspecified atom stereocenters. The maximum absolute atomic E-state index is 12.3. The van der Waals surface area contributed by atoms with Crippen molar-refractivity contribution >= 4 is 34.6 Å². The topological polar surface area (TPSA) is 67.9 Å². The van der Waals surface area contributed by atoms with Gasteiger partial charge in [0.15, 0.2) is 6.10 Å². The maximum Gasteiger partial charge on any atom is 0.349 e. The Bertz CT molecular complexity index is 766. The van der Waals surface area contributed by atoms with Gasteiger partial charge in [0, 0.05) is 29.3 Å². The van der Waals surface area contributed by atoms with Crippen molar-refractivity contribution in [3.63, 3.8) is 0 Å². The number of hydrogen-bond donors (Lipinski definition) is 1. The monoisotopic (exact) mass is 374 g/mol. The smallest absolute Gasteiger partial charge is 0.349 e. The van der Waals surface area contributed by atoms with Gasteiger partial charge >= 0.3 is 5.97 Å². The van der Waals surface area contributed by atoms with Gasteiger partial charge in [-0.05, 0) is 50.2 Å². The number of rotatable bonds is 5. The van der Waals surface area contributed by atoms with Gasteiger partial charge in [-0.1, -0.05) is 0 Å². The van der Waals surface area contributed by atoms with E-state index in [1.165, 1.54) is 11.3 Å². The Balaban J connectivity index is 1.54. The molecule has 0 bridgehead atoms. The molecule has 26 heavy (non-hydrogen) atoms. The largest absolute Gasteiger partial charge is 0.448 e. The van der Waals surface area contributed by atoms with E-state index < -0.39 is 12.1 Å². The number of esters is 1. The van der Waals surface area contributed by atoms with E-state index in [0.717, 1.165) is 36.9 Å². The molecule has 2 heterocycles. The zero-order chi connectivity index (χ0) is 18.5. The van der Waals surface area contributed by atoms with Gasteiger partial charge in [-0.3, -0.25) is 4.79 Å². The maximum atomic E-state index is 12.3. The fourth-order valence-corrected chi connectivity index (χ4v) is 3.39. The van der Waals surface area contributed by atoms with E-state index in [1.54, 1.807) is 13.0 Å². The molecule has 1 atom stereocenters. The summed E-state index contributed by atoms with van der Waals surface area (Å²) in [5.41, 5.74) is 1.76. The van der Waals surface area contributed by atoms with Crippen molar-refractivity contribution in [1.82, 2.24) is 0 Å². The molecule has 0 spiro atoms. The first-order valence-electron chi connectivity index (χ1n) is 8.54. The van der Waals surface area contributed by atoms with Crippen LogP contribution >= 0.6 is 11.3 Å². The Morgan fingerprint density at radius 2 is 1.85 bits per heavy atom. The van der Waals surface area contributed by atoms with Crippen LogP contribution in [0.2, 0.25) is 0 Å². The van der Waals surface area contributed by atoms with Crippen molar-refractivity contribution in [2.45, 2.75) is 20.0 Å². The molecule has 1 aromatic carbocycles. The van der Waals surface area contributed by atoms with Gasteiger partial charge in [0.25, 0.3) is 5.91 Å². The van der Waals surface area contributed by atoms with Gasteiger partial charge in [0.1, 0.15) is 4.88 Å². The third-order valence-corrected chi connectivity index (χ3v) is 5.09. The number of thiophene rings is 1. The summed E-state index contributed by atoms with van der Waals surface area (Å²) in [6, 6.07) is 11.2. The minimum atomic E-state index is -0.871. The average Bonchev–Trinajstić information content (AvgIpc) is 3.09. The highest BCUT2D eigenvalue weighted by molar-refractivity contribution is 7.13. The molecule has 1 saturated heterocycles. The molecule has 1 fully saturated rings. The molecular formula is C19H22N2O4S. The van der Waals surface area contributed by atoms with Crippen LogP contribution in [0.4, 0.5) is 11.4 Å². The molecule has 2 aromatic rings. The van der Waals surface area contributed by atoms with Crippen LogP contribution in [-0.4, -0.2) is 44.3 Å². The number of ether oxygens (including phenoxy) is 2. The number of morpholine rings is 1. The molecule has 1 aliphatic heterocycles. The van der Waals surface area contributed by atoms with Crippen LogP contribution in [0.5, 0.6) is 0 Å². The minimum absolute atomic E-state index is 0.356. The molecule has 0 saturated carbocycles. The first-order chi connectivity index (χ1) is 12.5. The Labute approximate surface area is 156 Å². The lowest BCUT2D eigenvalue weighted by atomic mass is 10.2. The quantitative estimate of drug-likeness (QED) is 0.815. The van der Waals surface area contributed by atoms with Gasteiger partial charge < -0.3 is 19.7 Å². The van der Waals surface area contributed by atoms with Gasteiger partial charge in [0.05, 0.1) is 13.2 Å². The Morgan fingerprint density at radius 3 is 2.46 bits per heavy atom. The third kappa shape index (κ3) is 4.62. The van der Waals surface area contributed by atoms with Crippen LogP contribution in [0.3, 0.4) is 0 Å². The molecule has 0 radical (unpaired) electrons. The lowest BCUT2D eigenvalue weighted by Gasteiger charge is -2.28. The lowest BCUT2D eigenvalue weighted by molar-refractivity contribution is -0.123. The van der Waals surface area contributed by atoms with Crippen molar-refractivity contribution in [1.29, 1.82) is 0 Å². The number of nitrogens with zero attached hydrogens (tertiary/aromatic N) is 1. The second-order valence-electron chi connectivity index (χ2n) is 6.09. The van der Waals surface area contributed by atoms with E-state index in [-0.39, 0.29) is 5.91 Å². The summed E-state index contributed by atoms with van der Waals surface area (Å²) in [5.74, 6) is -0.834. The number of carbonyl (C=O) groups is 2. The highest BCUT2D eigenvalue weighted by Crippen LogP contribution is 2.20. The molecule has 1 N–H and O–H groups in total. The molecule has 3 rings (SSSR count). The van der Waals surface area contributed by atoms with E-state index in [9.17, 15) is 9.59 Å². The SMILES string of the molecule is Cc1ccc(C(=O)O[C@H](C)C(=O)Nc2ccc(N3CCOCC3)cc2)s1. The highest BCUT2D eigenvalue weighted by Gasteiger charge is 2.20. The van der Waals surface area contributed by atoms with Crippen molar-refractivity contribution in [2.75, 3.05) is 36.5 Å². The van der Waals surface area contributed by atoms with Gasteiger partial charge in [-0.15, -0.1) is 11.3 Å². The van der Waals surface area contributed by atoms with Gasteiger partial charge in [-0.2, -0.15) is 0 Å². The second-order valence-corrected chi connectivity index (χ2v) is 7.38. The number of benzene rings is 1. The van der Waals surface area contributed by atoms with Crippen LogP contribution in [0, 0.1) is 6.92 Å². The number of hydrogen-bond acceptors (Lipinski definition) is 6. The predicted molar refractivity (Wildman–Crippen MR) is 102 cm³/mol. The Hall–Kier alpha value is -2.38. The average molecular weight is 374 g/mol. The second kappa shape index (κ2) is 8.33. The Kier molecular flexibility index (Phi) is 5.90. The van der Waals surface area contributed by atoms with Gasteiger partial charge in [0.2, 0.25) is 0 Å². The number of carbonyl (C=O) groups excluding carboxylic acids is 2. The molecule has 1 aliphatic rings. The number of aryl methyl sites for hydroxylation is 1. The summed E-state index contributed by atoms with van der Waals surface area (Å²) in [6.07, 6.45) is -0.871. The van der Waals surface area contributed by atoms with Crippen molar-refractivity contribution in [3.05, 3.63) is 46.2 Å². The van der Waals surface area contributed by atoms with Crippen molar-refractivity contribution in [3.8, 4) is 0 Å². The summed E-state index contributed by atoms with van der Waals surface area (Å²) in [5, 5.41) is 2.78. The molecule has 0 aliphatic carbocycles. The van der Waals surface area contributed by atoms with Crippen LogP contribution in [0.25, 0.3) is 0 Å². The first kappa shape index (κ1) is 18.4. The van der Waals surface area contributed by atoms with E-state index in [1.807, 2.05) is 37.3 Å². The first-order valence-corrected chi connectivity index (χ1v) is 9.35. The highest BCUT2D eigenvalue weighted by atomic mass is 32.1. The fraction of sp³-hybridized carbons (Fsp3) is 0.368. The summed E-state index contributed by atoms with van der Waals surface area (Å²) < 4.78 is 10.6. The number of amides is 1. The summed E-state index contributed by atoms with van der Waals surface area (Å²) in [6.45, 7) is 6.66. The van der Waals surface area contributed by atoms with E-state index in [2.05, 4.69) is 10.2 Å². The van der Waals surface area contributed by atoms with Crippen molar-refractivity contribution < 1.29 is 19.1 Å².